The molecule has 2 aromatic carbocycles. The van der Waals surface area contributed by atoms with Crippen LogP contribution in [0.1, 0.15) is 19.7 Å². The molecule has 1 aromatic heterocycles. The maximum Gasteiger partial charge on any atom is 0.270 e. The Morgan fingerprint density at radius 3 is 2.72 bits per heavy atom. The first-order valence-corrected chi connectivity index (χ1v) is 9.15. The lowest BCUT2D eigenvalue weighted by atomic mass is 10.2. The molecule has 0 saturated heterocycles. The zero-order chi connectivity index (χ0) is 21.0. The number of nitro groups is 1. The third kappa shape index (κ3) is 4.91. The highest BCUT2D eigenvalue weighted by Gasteiger charge is 2.19. The van der Waals surface area contributed by atoms with E-state index in [0.29, 0.717) is 10.7 Å². The summed E-state index contributed by atoms with van der Waals surface area (Å²) >= 11 is 5.42. The van der Waals surface area contributed by atoms with Gasteiger partial charge in [0.2, 0.25) is 11.8 Å². The van der Waals surface area contributed by atoms with Gasteiger partial charge in [0, 0.05) is 23.7 Å². The van der Waals surface area contributed by atoms with Crippen LogP contribution >= 0.6 is 12.2 Å². The number of hydrogen-bond donors (Lipinski definition) is 1. The van der Waals surface area contributed by atoms with Gasteiger partial charge in [-0.05, 0) is 44.3 Å². The van der Waals surface area contributed by atoms with Crippen LogP contribution in [-0.4, -0.2) is 31.2 Å². The number of nitrogens with one attached hydrogen (secondary N) is 1. The molecule has 1 N–H and O–H groups in total. The minimum absolute atomic E-state index is 0.0325. The van der Waals surface area contributed by atoms with Gasteiger partial charge in [-0.1, -0.05) is 18.2 Å². The maximum atomic E-state index is 13.9. The lowest BCUT2D eigenvalue weighted by molar-refractivity contribution is -0.384. The molecule has 10 heteroatoms. The zero-order valence-corrected chi connectivity index (χ0v) is 16.5. The standard InChI is InChI=1S/C19H18FN5O3S/c1-12(2)24(19(29)21-16-9-4-3-8-15(16)20)11-17-22-23-18(28-17)13-6-5-7-14(10-13)25(26)27/h3-10,12H,11H2,1-2H3,(H,21,29). The van der Waals surface area contributed by atoms with Crippen LogP contribution in [-0.2, 0) is 6.54 Å². The molecule has 0 radical (unpaired) electrons. The minimum Gasteiger partial charge on any atom is -0.419 e. The molecule has 0 aliphatic carbocycles. The molecule has 0 fully saturated rings. The highest BCUT2D eigenvalue weighted by Crippen LogP contribution is 2.23. The number of nitrogens with zero attached hydrogens (tertiary/aromatic N) is 4. The van der Waals surface area contributed by atoms with E-state index in [9.17, 15) is 14.5 Å². The summed E-state index contributed by atoms with van der Waals surface area (Å²) in [6.07, 6.45) is 0. The molecule has 0 saturated carbocycles. The van der Waals surface area contributed by atoms with Crippen LogP contribution in [0.15, 0.2) is 52.9 Å². The van der Waals surface area contributed by atoms with Crippen molar-refractivity contribution in [1.82, 2.24) is 15.1 Å². The highest BCUT2D eigenvalue weighted by atomic mass is 32.1. The number of para-hydroxylation sites is 1. The molecule has 0 atom stereocenters. The lowest BCUT2D eigenvalue weighted by Crippen LogP contribution is -2.39. The molecule has 0 unspecified atom stereocenters. The molecule has 0 aliphatic rings. The summed E-state index contributed by atoms with van der Waals surface area (Å²) < 4.78 is 19.6. The number of aromatic nitrogens is 2. The van der Waals surface area contributed by atoms with Crippen LogP contribution < -0.4 is 5.32 Å². The lowest BCUT2D eigenvalue weighted by Gasteiger charge is -2.28. The molecule has 8 nitrogen and oxygen atoms in total. The summed E-state index contributed by atoms with van der Waals surface area (Å²) in [5.41, 5.74) is 0.647. The molecule has 0 amide bonds. The summed E-state index contributed by atoms with van der Waals surface area (Å²) in [7, 11) is 0. The predicted molar refractivity (Wildman–Crippen MR) is 110 cm³/mol. The number of anilines is 1. The van der Waals surface area contributed by atoms with E-state index < -0.39 is 10.7 Å². The second kappa shape index (κ2) is 8.74. The first-order chi connectivity index (χ1) is 13.8. The average Bonchev–Trinajstić information content (AvgIpc) is 3.16. The van der Waals surface area contributed by atoms with Gasteiger partial charge in [0.05, 0.1) is 17.2 Å². The molecular formula is C19H18FN5O3S. The normalized spacial score (nSPS) is 10.8. The van der Waals surface area contributed by atoms with Crippen molar-refractivity contribution in [2.75, 3.05) is 5.32 Å². The minimum atomic E-state index is -0.492. The maximum absolute atomic E-state index is 13.9. The zero-order valence-electron chi connectivity index (χ0n) is 15.7. The quantitative estimate of drug-likeness (QED) is 0.360. The van der Waals surface area contributed by atoms with Crippen LogP contribution in [0.4, 0.5) is 15.8 Å². The highest BCUT2D eigenvalue weighted by molar-refractivity contribution is 7.80. The van der Waals surface area contributed by atoms with Gasteiger partial charge < -0.3 is 14.6 Å². The van der Waals surface area contributed by atoms with E-state index in [4.69, 9.17) is 16.6 Å². The summed E-state index contributed by atoms with van der Waals surface area (Å²) in [6, 6.07) is 12.1. The van der Waals surface area contributed by atoms with E-state index in [1.54, 1.807) is 35.2 Å². The Bertz CT molecular complexity index is 1040. The summed E-state index contributed by atoms with van der Waals surface area (Å²) in [4.78, 5) is 12.2. The van der Waals surface area contributed by atoms with Gasteiger partial charge in [-0.3, -0.25) is 10.1 Å². The Hall–Kier alpha value is -3.40. The van der Waals surface area contributed by atoms with E-state index in [0.717, 1.165) is 0 Å². The molecule has 3 aromatic rings. The number of non-ortho nitro benzene ring substituents is 1. The van der Waals surface area contributed by atoms with Gasteiger partial charge in [0.25, 0.3) is 5.69 Å². The number of benzene rings is 2. The monoisotopic (exact) mass is 415 g/mol. The Morgan fingerprint density at radius 2 is 2.03 bits per heavy atom. The van der Waals surface area contributed by atoms with Crippen molar-refractivity contribution in [2.24, 2.45) is 0 Å². The molecule has 1 heterocycles. The molecule has 0 aliphatic heterocycles. The number of halogens is 1. The summed E-state index contributed by atoms with van der Waals surface area (Å²) in [6.45, 7) is 4.04. The molecular weight excluding hydrogens is 397 g/mol. The smallest absolute Gasteiger partial charge is 0.270 e. The predicted octanol–water partition coefficient (Wildman–Crippen LogP) is 4.39. The largest absolute Gasteiger partial charge is 0.419 e. The van der Waals surface area contributed by atoms with Crippen LogP contribution in [0, 0.1) is 15.9 Å². The number of nitro benzene ring substituents is 1. The Labute approximate surface area is 171 Å². The number of hydrogen-bond acceptors (Lipinski definition) is 6. The van der Waals surface area contributed by atoms with Crippen LogP contribution in [0.2, 0.25) is 0 Å². The van der Waals surface area contributed by atoms with Crippen molar-refractivity contribution in [3.8, 4) is 11.5 Å². The Kier molecular flexibility index (Phi) is 6.13. The fraction of sp³-hybridized carbons (Fsp3) is 0.211. The molecule has 0 bridgehead atoms. The van der Waals surface area contributed by atoms with Crippen molar-refractivity contribution in [2.45, 2.75) is 26.4 Å². The average molecular weight is 415 g/mol. The van der Waals surface area contributed by atoms with Gasteiger partial charge in [-0.15, -0.1) is 10.2 Å². The van der Waals surface area contributed by atoms with E-state index in [1.165, 1.54) is 18.2 Å². The molecule has 0 spiro atoms. The van der Waals surface area contributed by atoms with E-state index in [1.807, 2.05) is 13.8 Å². The first-order valence-electron chi connectivity index (χ1n) is 8.74. The van der Waals surface area contributed by atoms with Crippen molar-refractivity contribution in [3.05, 3.63) is 70.4 Å². The third-order valence-electron chi connectivity index (χ3n) is 4.08. The van der Waals surface area contributed by atoms with Gasteiger partial charge in [-0.25, -0.2) is 4.39 Å². The number of thiocarbonyl (C=S) groups is 1. The Morgan fingerprint density at radius 1 is 1.28 bits per heavy atom. The van der Waals surface area contributed by atoms with Gasteiger partial charge in [-0.2, -0.15) is 0 Å². The van der Waals surface area contributed by atoms with Gasteiger partial charge in [0.1, 0.15) is 5.82 Å². The summed E-state index contributed by atoms with van der Waals surface area (Å²) in [5.74, 6) is 0.0302. The molecule has 29 heavy (non-hydrogen) atoms. The second-order valence-corrected chi connectivity index (χ2v) is 6.83. The summed E-state index contributed by atoms with van der Waals surface area (Å²) in [5, 5.41) is 22.1. The van der Waals surface area contributed by atoms with Crippen LogP contribution in [0.25, 0.3) is 11.5 Å². The van der Waals surface area contributed by atoms with E-state index >= 15 is 0 Å². The van der Waals surface area contributed by atoms with E-state index in [2.05, 4.69) is 15.5 Å². The third-order valence-corrected chi connectivity index (χ3v) is 4.41. The fourth-order valence-corrected chi connectivity index (χ4v) is 2.96. The molecule has 3 rings (SSSR count). The van der Waals surface area contributed by atoms with Crippen molar-refractivity contribution in [1.29, 1.82) is 0 Å². The van der Waals surface area contributed by atoms with Crippen LogP contribution in [0.5, 0.6) is 0 Å². The van der Waals surface area contributed by atoms with Gasteiger partial charge >= 0.3 is 0 Å². The SMILES string of the molecule is CC(C)N(Cc1nnc(-c2cccc([N+](=O)[O-])c2)o1)C(=S)Nc1ccccc1F. The fourth-order valence-electron chi connectivity index (χ4n) is 2.57. The number of rotatable bonds is 6. The Balaban J connectivity index is 1.76. The van der Waals surface area contributed by atoms with Crippen LogP contribution in [0.3, 0.4) is 0 Å². The van der Waals surface area contributed by atoms with E-state index in [-0.39, 0.29) is 35.7 Å². The van der Waals surface area contributed by atoms with Gasteiger partial charge in [0.15, 0.2) is 5.11 Å². The second-order valence-electron chi connectivity index (χ2n) is 6.44. The van der Waals surface area contributed by atoms with Crippen molar-refractivity contribution < 1.29 is 13.7 Å². The topological polar surface area (TPSA) is 97.3 Å². The van der Waals surface area contributed by atoms with Crippen molar-refractivity contribution >= 4 is 28.7 Å². The van der Waals surface area contributed by atoms with Crippen molar-refractivity contribution in [3.63, 3.8) is 0 Å². The molecule has 150 valence electrons. The first kappa shape index (κ1) is 20.3.